The van der Waals surface area contributed by atoms with Crippen molar-refractivity contribution < 1.29 is 14.4 Å². The van der Waals surface area contributed by atoms with Crippen LogP contribution in [-0.4, -0.2) is 53.7 Å². The Morgan fingerprint density at radius 1 is 0.923 bits per heavy atom. The number of nitrogens with zero attached hydrogens (tertiary/aromatic N) is 2. The summed E-state index contributed by atoms with van der Waals surface area (Å²) in [6, 6.07) is 7.80. The maximum Gasteiger partial charge on any atom is 0.224 e. The number of anilines is 1. The second kappa shape index (κ2) is 8.34. The molecule has 2 rings (SSSR count). The maximum absolute atomic E-state index is 12.2. The summed E-state index contributed by atoms with van der Waals surface area (Å²) in [6.07, 6.45) is 0.346. The molecule has 0 aromatic heterocycles. The zero-order chi connectivity index (χ0) is 19.3. The summed E-state index contributed by atoms with van der Waals surface area (Å²) in [4.78, 5) is 39.1. The fourth-order valence-electron chi connectivity index (χ4n) is 2.93. The Bertz CT molecular complexity index is 654. The van der Waals surface area contributed by atoms with Gasteiger partial charge in [-0.2, -0.15) is 0 Å². The highest BCUT2D eigenvalue weighted by Gasteiger charge is 2.22. The van der Waals surface area contributed by atoms with Crippen molar-refractivity contribution in [2.75, 3.05) is 31.5 Å². The van der Waals surface area contributed by atoms with Crippen LogP contribution in [0, 0.1) is 0 Å². The first kappa shape index (κ1) is 19.9. The first-order valence-corrected chi connectivity index (χ1v) is 9.10. The summed E-state index contributed by atoms with van der Waals surface area (Å²) in [6.45, 7) is 10.2. The van der Waals surface area contributed by atoms with E-state index in [4.69, 9.17) is 0 Å². The average Bonchev–Trinajstić information content (AvgIpc) is 2.59. The van der Waals surface area contributed by atoms with Crippen molar-refractivity contribution in [3.63, 3.8) is 0 Å². The van der Waals surface area contributed by atoms with Gasteiger partial charge >= 0.3 is 0 Å². The molecule has 6 nitrogen and oxygen atoms in total. The summed E-state index contributed by atoms with van der Waals surface area (Å²) in [5, 5.41) is 2.84. The van der Waals surface area contributed by atoms with Gasteiger partial charge in [0.15, 0.2) is 0 Å². The minimum Gasteiger partial charge on any atom is -0.339 e. The third-order valence-corrected chi connectivity index (χ3v) is 4.68. The molecule has 0 saturated carbocycles. The topological polar surface area (TPSA) is 69.7 Å². The Morgan fingerprint density at radius 3 is 1.96 bits per heavy atom. The van der Waals surface area contributed by atoms with E-state index in [1.165, 1.54) is 12.5 Å². The van der Waals surface area contributed by atoms with E-state index >= 15 is 0 Å². The van der Waals surface area contributed by atoms with Crippen molar-refractivity contribution in [1.29, 1.82) is 0 Å². The van der Waals surface area contributed by atoms with Gasteiger partial charge in [0.1, 0.15) is 0 Å². The second-order valence-corrected chi connectivity index (χ2v) is 7.76. The van der Waals surface area contributed by atoms with Crippen LogP contribution in [0.1, 0.15) is 46.1 Å². The first-order chi connectivity index (χ1) is 12.2. The third-order valence-electron chi connectivity index (χ3n) is 4.68. The van der Waals surface area contributed by atoms with Crippen LogP contribution in [0.4, 0.5) is 5.69 Å². The molecule has 0 spiro atoms. The predicted octanol–water partition coefficient (Wildman–Crippen LogP) is 2.39. The summed E-state index contributed by atoms with van der Waals surface area (Å²) in [5.41, 5.74) is 2.02. The van der Waals surface area contributed by atoms with Gasteiger partial charge in [-0.3, -0.25) is 14.4 Å². The lowest BCUT2D eigenvalue weighted by molar-refractivity contribution is -0.138. The van der Waals surface area contributed by atoms with E-state index in [-0.39, 0.29) is 36.0 Å². The molecule has 1 aromatic rings. The van der Waals surface area contributed by atoms with Gasteiger partial charge in [-0.15, -0.1) is 0 Å². The molecule has 0 unspecified atom stereocenters. The third kappa shape index (κ3) is 5.58. The van der Waals surface area contributed by atoms with Gasteiger partial charge in [0, 0.05) is 51.6 Å². The number of rotatable bonds is 4. The normalized spacial score (nSPS) is 14.9. The van der Waals surface area contributed by atoms with Crippen molar-refractivity contribution in [3.8, 4) is 0 Å². The molecule has 0 radical (unpaired) electrons. The highest BCUT2D eigenvalue weighted by atomic mass is 16.2. The SMILES string of the molecule is CC(=O)N1CCN(C(=O)CCC(=O)Nc2ccc(C(C)(C)C)cc2)CC1. The smallest absolute Gasteiger partial charge is 0.224 e. The van der Waals surface area contributed by atoms with Gasteiger partial charge in [0.2, 0.25) is 17.7 Å². The van der Waals surface area contributed by atoms with E-state index in [0.29, 0.717) is 26.2 Å². The van der Waals surface area contributed by atoms with Crippen molar-refractivity contribution in [2.45, 2.75) is 46.0 Å². The van der Waals surface area contributed by atoms with Crippen molar-refractivity contribution in [1.82, 2.24) is 9.80 Å². The van der Waals surface area contributed by atoms with Crippen molar-refractivity contribution >= 4 is 23.4 Å². The number of hydrogen-bond donors (Lipinski definition) is 1. The Labute approximate surface area is 155 Å². The molecule has 0 bridgehead atoms. The lowest BCUT2D eigenvalue weighted by Gasteiger charge is -2.34. The minimum absolute atomic E-state index is 0.0357. The van der Waals surface area contributed by atoms with Crippen molar-refractivity contribution in [3.05, 3.63) is 29.8 Å². The van der Waals surface area contributed by atoms with Gasteiger partial charge < -0.3 is 15.1 Å². The number of piperazine rings is 1. The molecule has 1 fully saturated rings. The highest BCUT2D eigenvalue weighted by Crippen LogP contribution is 2.23. The van der Waals surface area contributed by atoms with Crippen LogP contribution in [-0.2, 0) is 19.8 Å². The molecule has 6 heteroatoms. The molecule has 1 aliphatic rings. The Kier molecular flexibility index (Phi) is 6.40. The molecule has 1 saturated heterocycles. The molecule has 142 valence electrons. The molecule has 3 amide bonds. The Morgan fingerprint density at radius 2 is 1.46 bits per heavy atom. The lowest BCUT2D eigenvalue weighted by Crippen LogP contribution is -2.50. The summed E-state index contributed by atoms with van der Waals surface area (Å²) in [7, 11) is 0. The average molecular weight is 359 g/mol. The number of carbonyl (C=O) groups excluding carboxylic acids is 3. The maximum atomic E-state index is 12.2. The summed E-state index contributed by atoms with van der Waals surface area (Å²) < 4.78 is 0. The van der Waals surface area contributed by atoms with Crippen LogP contribution < -0.4 is 5.32 Å². The van der Waals surface area contributed by atoms with E-state index in [0.717, 1.165) is 5.69 Å². The number of benzene rings is 1. The molecule has 1 aliphatic heterocycles. The van der Waals surface area contributed by atoms with Gasteiger partial charge in [-0.1, -0.05) is 32.9 Å². The van der Waals surface area contributed by atoms with Crippen LogP contribution in [0.25, 0.3) is 0 Å². The minimum atomic E-state index is -0.163. The predicted molar refractivity (Wildman–Crippen MR) is 102 cm³/mol. The number of nitrogens with one attached hydrogen (secondary N) is 1. The molecule has 1 heterocycles. The van der Waals surface area contributed by atoms with E-state index in [1.54, 1.807) is 9.80 Å². The first-order valence-electron chi connectivity index (χ1n) is 9.10. The van der Waals surface area contributed by atoms with Crippen molar-refractivity contribution in [2.24, 2.45) is 0 Å². The standard InChI is InChI=1S/C20H29N3O3/c1-15(24)22-11-13-23(14-12-22)19(26)10-9-18(25)21-17-7-5-16(6-8-17)20(2,3)4/h5-8H,9-14H2,1-4H3,(H,21,25). The van der Waals surface area contributed by atoms with Gasteiger partial charge in [0.05, 0.1) is 0 Å². The summed E-state index contributed by atoms with van der Waals surface area (Å²) in [5.74, 6) is -0.162. The van der Waals surface area contributed by atoms with Gasteiger partial charge in [0.25, 0.3) is 0 Å². The van der Waals surface area contributed by atoms with Gasteiger partial charge in [-0.05, 0) is 23.1 Å². The summed E-state index contributed by atoms with van der Waals surface area (Å²) >= 11 is 0. The van der Waals surface area contributed by atoms with Gasteiger partial charge in [-0.25, -0.2) is 0 Å². The van der Waals surface area contributed by atoms with E-state index < -0.39 is 0 Å². The number of carbonyl (C=O) groups is 3. The molecule has 0 aliphatic carbocycles. The van der Waals surface area contributed by atoms with Crippen LogP contribution >= 0.6 is 0 Å². The molecule has 1 aromatic carbocycles. The number of hydrogen-bond acceptors (Lipinski definition) is 3. The van der Waals surface area contributed by atoms with E-state index in [1.807, 2.05) is 24.3 Å². The van der Waals surface area contributed by atoms with E-state index in [9.17, 15) is 14.4 Å². The molecular weight excluding hydrogens is 330 g/mol. The zero-order valence-corrected chi connectivity index (χ0v) is 16.2. The molecular formula is C20H29N3O3. The largest absolute Gasteiger partial charge is 0.339 e. The molecule has 0 atom stereocenters. The fraction of sp³-hybridized carbons (Fsp3) is 0.550. The lowest BCUT2D eigenvalue weighted by atomic mass is 9.87. The quantitative estimate of drug-likeness (QED) is 0.897. The van der Waals surface area contributed by atoms with Crippen LogP contribution in [0.15, 0.2) is 24.3 Å². The zero-order valence-electron chi connectivity index (χ0n) is 16.2. The highest BCUT2D eigenvalue weighted by molar-refractivity contribution is 5.93. The Balaban J connectivity index is 1.76. The van der Waals surface area contributed by atoms with Crippen LogP contribution in [0.5, 0.6) is 0 Å². The molecule has 26 heavy (non-hydrogen) atoms. The second-order valence-electron chi connectivity index (χ2n) is 7.76. The monoisotopic (exact) mass is 359 g/mol. The molecule has 1 N–H and O–H groups in total. The Hall–Kier alpha value is -2.37. The number of amides is 3. The van der Waals surface area contributed by atoms with Crippen LogP contribution in [0.2, 0.25) is 0 Å². The van der Waals surface area contributed by atoms with E-state index in [2.05, 4.69) is 26.1 Å². The van der Waals surface area contributed by atoms with Crippen LogP contribution in [0.3, 0.4) is 0 Å². The fourth-order valence-corrected chi connectivity index (χ4v) is 2.93.